The molecule has 0 atom stereocenters. The van der Waals surface area contributed by atoms with Gasteiger partial charge >= 0.3 is 5.97 Å². The summed E-state index contributed by atoms with van der Waals surface area (Å²) in [5.41, 5.74) is 0.458. The molecular weight excluding hydrogens is 202 g/mol. The number of halogens is 1. The van der Waals surface area contributed by atoms with Gasteiger partial charge in [-0.15, -0.1) is 12.4 Å². The van der Waals surface area contributed by atoms with Crippen LogP contribution in [0.3, 0.4) is 0 Å². The fraction of sp³-hybridized carbons (Fsp3) is 0.900. The fourth-order valence-electron chi connectivity index (χ4n) is 1.64. The van der Waals surface area contributed by atoms with Crippen molar-refractivity contribution < 1.29 is 9.90 Å². The third kappa shape index (κ3) is 4.82. The van der Waals surface area contributed by atoms with Crippen LogP contribution in [0.5, 0.6) is 0 Å². The Balaban J connectivity index is 0.00000169. The Hall–Kier alpha value is -0.280. The summed E-state index contributed by atoms with van der Waals surface area (Å²) < 4.78 is 0. The van der Waals surface area contributed by atoms with E-state index >= 15 is 0 Å². The SMILES string of the molecule is CC1(C)CCN(CCC(=O)O)CC1.Cl. The Morgan fingerprint density at radius 2 is 1.86 bits per heavy atom. The maximum absolute atomic E-state index is 10.3. The Kier molecular flexibility index (Phi) is 5.45. The molecule has 84 valence electrons. The van der Waals surface area contributed by atoms with E-state index < -0.39 is 5.97 Å². The first-order chi connectivity index (χ1) is 5.99. The molecule has 14 heavy (non-hydrogen) atoms. The summed E-state index contributed by atoms with van der Waals surface area (Å²) in [6, 6.07) is 0. The van der Waals surface area contributed by atoms with Crippen LogP contribution in [0.15, 0.2) is 0 Å². The molecule has 0 aromatic heterocycles. The molecule has 3 nitrogen and oxygen atoms in total. The number of hydrogen-bond donors (Lipinski definition) is 1. The van der Waals surface area contributed by atoms with Crippen molar-refractivity contribution in [2.45, 2.75) is 33.1 Å². The van der Waals surface area contributed by atoms with E-state index in [-0.39, 0.29) is 18.8 Å². The minimum absolute atomic E-state index is 0. The fourth-order valence-corrected chi connectivity index (χ4v) is 1.64. The summed E-state index contributed by atoms with van der Waals surface area (Å²) in [4.78, 5) is 12.6. The van der Waals surface area contributed by atoms with E-state index in [9.17, 15) is 4.79 Å². The average Bonchev–Trinajstić information content (AvgIpc) is 2.02. The maximum atomic E-state index is 10.3. The van der Waals surface area contributed by atoms with Gasteiger partial charge < -0.3 is 10.0 Å². The van der Waals surface area contributed by atoms with Gasteiger partial charge in [0.25, 0.3) is 0 Å². The van der Waals surface area contributed by atoms with Gasteiger partial charge in [0, 0.05) is 6.54 Å². The highest BCUT2D eigenvalue weighted by molar-refractivity contribution is 5.85. The molecule has 1 fully saturated rings. The minimum Gasteiger partial charge on any atom is -0.481 e. The molecule has 1 aliphatic heterocycles. The number of hydrogen-bond acceptors (Lipinski definition) is 2. The van der Waals surface area contributed by atoms with Crippen molar-refractivity contribution in [2.75, 3.05) is 19.6 Å². The summed E-state index contributed by atoms with van der Waals surface area (Å²) in [5.74, 6) is -0.690. The molecule has 0 aliphatic carbocycles. The molecular formula is C10H20ClNO2. The summed E-state index contributed by atoms with van der Waals surface area (Å²) in [6.45, 7) is 7.38. The summed E-state index contributed by atoms with van der Waals surface area (Å²) >= 11 is 0. The largest absolute Gasteiger partial charge is 0.481 e. The first kappa shape index (κ1) is 13.7. The number of rotatable bonds is 3. The lowest BCUT2D eigenvalue weighted by Crippen LogP contribution is -2.38. The lowest BCUT2D eigenvalue weighted by molar-refractivity contribution is -0.137. The first-order valence-electron chi connectivity index (χ1n) is 4.94. The number of nitrogens with zero attached hydrogens (tertiary/aromatic N) is 1. The lowest BCUT2D eigenvalue weighted by atomic mass is 9.83. The molecule has 4 heteroatoms. The monoisotopic (exact) mass is 221 g/mol. The van der Waals surface area contributed by atoms with Crippen LogP contribution in [0.2, 0.25) is 0 Å². The molecule has 0 unspecified atom stereocenters. The van der Waals surface area contributed by atoms with E-state index in [1.54, 1.807) is 0 Å². The number of piperidine rings is 1. The van der Waals surface area contributed by atoms with E-state index in [0.717, 1.165) is 13.1 Å². The molecule has 1 saturated heterocycles. The Morgan fingerprint density at radius 3 is 2.29 bits per heavy atom. The Bertz CT molecular complexity index is 185. The highest BCUT2D eigenvalue weighted by Gasteiger charge is 2.25. The standard InChI is InChI=1S/C10H19NO2.ClH/c1-10(2)4-7-11(8-5-10)6-3-9(12)13;/h3-8H2,1-2H3,(H,12,13);1H. The average molecular weight is 222 g/mol. The quantitative estimate of drug-likeness (QED) is 0.793. The zero-order valence-electron chi connectivity index (χ0n) is 8.95. The summed E-state index contributed by atoms with van der Waals surface area (Å²) in [6.07, 6.45) is 2.65. The molecule has 0 bridgehead atoms. The normalized spacial score (nSPS) is 21.3. The molecule has 1 rings (SSSR count). The number of carboxylic acids is 1. The van der Waals surface area contributed by atoms with Gasteiger partial charge in [0.2, 0.25) is 0 Å². The van der Waals surface area contributed by atoms with Crippen molar-refractivity contribution in [1.82, 2.24) is 4.90 Å². The highest BCUT2D eigenvalue weighted by atomic mass is 35.5. The smallest absolute Gasteiger partial charge is 0.304 e. The second-order valence-corrected chi connectivity index (χ2v) is 4.65. The molecule has 1 N–H and O–H groups in total. The van der Waals surface area contributed by atoms with Crippen LogP contribution in [0.4, 0.5) is 0 Å². The Morgan fingerprint density at radius 1 is 1.36 bits per heavy atom. The van der Waals surface area contributed by atoms with Crippen molar-refractivity contribution in [3.05, 3.63) is 0 Å². The maximum Gasteiger partial charge on any atom is 0.304 e. The van der Waals surface area contributed by atoms with Crippen LogP contribution >= 0.6 is 12.4 Å². The highest BCUT2D eigenvalue weighted by Crippen LogP contribution is 2.29. The van der Waals surface area contributed by atoms with Gasteiger partial charge in [-0.2, -0.15) is 0 Å². The number of aliphatic carboxylic acids is 1. The van der Waals surface area contributed by atoms with E-state index in [4.69, 9.17) is 5.11 Å². The molecule has 0 amide bonds. The molecule has 0 aromatic rings. The predicted octanol–water partition coefficient (Wildman–Crippen LogP) is 2.00. The zero-order valence-corrected chi connectivity index (χ0v) is 9.77. The van der Waals surface area contributed by atoms with Crippen molar-refractivity contribution in [1.29, 1.82) is 0 Å². The Labute approximate surface area is 91.9 Å². The predicted molar refractivity (Wildman–Crippen MR) is 59.0 cm³/mol. The minimum atomic E-state index is -0.690. The molecule has 0 saturated carbocycles. The summed E-state index contributed by atoms with van der Waals surface area (Å²) in [5, 5.41) is 8.52. The second-order valence-electron chi connectivity index (χ2n) is 4.65. The number of carbonyl (C=O) groups is 1. The van der Waals surface area contributed by atoms with Gasteiger partial charge in [-0.3, -0.25) is 4.79 Å². The van der Waals surface area contributed by atoms with Crippen LogP contribution in [0.1, 0.15) is 33.1 Å². The van der Waals surface area contributed by atoms with Gasteiger partial charge in [0.15, 0.2) is 0 Å². The summed E-state index contributed by atoms with van der Waals surface area (Å²) in [7, 11) is 0. The van der Waals surface area contributed by atoms with E-state index in [1.807, 2.05) is 0 Å². The molecule has 0 radical (unpaired) electrons. The third-order valence-corrected chi connectivity index (χ3v) is 2.85. The van der Waals surface area contributed by atoms with Crippen LogP contribution in [-0.4, -0.2) is 35.6 Å². The van der Waals surface area contributed by atoms with E-state index in [0.29, 0.717) is 12.0 Å². The van der Waals surface area contributed by atoms with Crippen molar-refractivity contribution in [2.24, 2.45) is 5.41 Å². The van der Waals surface area contributed by atoms with Gasteiger partial charge in [0.05, 0.1) is 6.42 Å². The van der Waals surface area contributed by atoms with Crippen molar-refractivity contribution in [3.63, 3.8) is 0 Å². The number of likely N-dealkylation sites (tertiary alicyclic amines) is 1. The van der Waals surface area contributed by atoms with Crippen molar-refractivity contribution in [3.8, 4) is 0 Å². The van der Waals surface area contributed by atoms with Gasteiger partial charge in [0.1, 0.15) is 0 Å². The van der Waals surface area contributed by atoms with Gasteiger partial charge in [-0.1, -0.05) is 13.8 Å². The third-order valence-electron chi connectivity index (χ3n) is 2.85. The molecule has 1 aliphatic rings. The molecule has 0 spiro atoms. The topological polar surface area (TPSA) is 40.5 Å². The first-order valence-corrected chi connectivity index (χ1v) is 4.94. The molecule has 1 heterocycles. The van der Waals surface area contributed by atoms with Crippen LogP contribution in [0.25, 0.3) is 0 Å². The zero-order chi connectivity index (χ0) is 9.90. The van der Waals surface area contributed by atoms with E-state index in [2.05, 4.69) is 18.7 Å². The van der Waals surface area contributed by atoms with Gasteiger partial charge in [-0.25, -0.2) is 0 Å². The van der Waals surface area contributed by atoms with Crippen molar-refractivity contribution >= 4 is 18.4 Å². The number of carboxylic acid groups (broad SMARTS) is 1. The van der Waals surface area contributed by atoms with E-state index in [1.165, 1.54) is 12.8 Å². The van der Waals surface area contributed by atoms with Gasteiger partial charge in [-0.05, 0) is 31.3 Å². The molecule has 0 aromatic carbocycles. The van der Waals surface area contributed by atoms with Crippen LogP contribution in [-0.2, 0) is 4.79 Å². The second kappa shape index (κ2) is 5.56. The lowest BCUT2D eigenvalue weighted by Gasteiger charge is -2.36. The van der Waals surface area contributed by atoms with Crippen LogP contribution < -0.4 is 0 Å². The van der Waals surface area contributed by atoms with Crippen LogP contribution in [0, 0.1) is 5.41 Å².